The average molecular weight is 272 g/mol. The molecule has 1 atom stereocenters. The Morgan fingerprint density at radius 1 is 1.25 bits per heavy atom. The standard InChI is InChI=1S/C16H24N4/c1-12(2)20-16(18-11-19-20)10-15(17-4)9-14-7-5-6-13(3)8-14/h5-8,11-12,15,17H,9-10H2,1-4H3. The Labute approximate surface area is 121 Å². The van der Waals surface area contributed by atoms with Gasteiger partial charge in [-0.25, -0.2) is 9.67 Å². The van der Waals surface area contributed by atoms with Crippen molar-refractivity contribution in [3.63, 3.8) is 0 Å². The fourth-order valence-electron chi connectivity index (χ4n) is 2.47. The maximum atomic E-state index is 4.40. The summed E-state index contributed by atoms with van der Waals surface area (Å²) in [5.41, 5.74) is 2.67. The van der Waals surface area contributed by atoms with Crippen molar-refractivity contribution in [3.05, 3.63) is 47.5 Å². The molecule has 1 heterocycles. The third kappa shape index (κ3) is 3.67. The summed E-state index contributed by atoms with van der Waals surface area (Å²) in [6.45, 7) is 6.40. The highest BCUT2D eigenvalue weighted by Gasteiger charge is 2.14. The fraction of sp³-hybridized carbons (Fsp3) is 0.500. The predicted octanol–water partition coefficient (Wildman–Crippen LogP) is 2.54. The van der Waals surface area contributed by atoms with Gasteiger partial charge in [0, 0.05) is 18.5 Å². The quantitative estimate of drug-likeness (QED) is 0.878. The van der Waals surface area contributed by atoms with Crippen LogP contribution in [0.2, 0.25) is 0 Å². The number of hydrogen-bond acceptors (Lipinski definition) is 3. The number of aryl methyl sites for hydroxylation is 1. The van der Waals surface area contributed by atoms with E-state index in [4.69, 9.17) is 0 Å². The fourth-order valence-corrected chi connectivity index (χ4v) is 2.47. The van der Waals surface area contributed by atoms with Crippen LogP contribution in [0.15, 0.2) is 30.6 Å². The number of nitrogens with one attached hydrogen (secondary N) is 1. The van der Waals surface area contributed by atoms with Crippen molar-refractivity contribution in [2.45, 2.75) is 45.7 Å². The smallest absolute Gasteiger partial charge is 0.138 e. The average Bonchev–Trinajstić information content (AvgIpc) is 2.86. The van der Waals surface area contributed by atoms with Crippen molar-refractivity contribution in [1.82, 2.24) is 20.1 Å². The summed E-state index contributed by atoms with van der Waals surface area (Å²) in [4.78, 5) is 4.40. The Morgan fingerprint density at radius 2 is 2.05 bits per heavy atom. The lowest BCUT2D eigenvalue weighted by molar-refractivity contribution is 0.470. The second-order valence-electron chi connectivity index (χ2n) is 5.60. The summed E-state index contributed by atoms with van der Waals surface area (Å²) in [5, 5.41) is 7.70. The van der Waals surface area contributed by atoms with Crippen LogP contribution >= 0.6 is 0 Å². The minimum Gasteiger partial charge on any atom is -0.316 e. The van der Waals surface area contributed by atoms with Gasteiger partial charge in [-0.15, -0.1) is 0 Å². The molecule has 0 saturated carbocycles. The van der Waals surface area contributed by atoms with Crippen LogP contribution < -0.4 is 5.32 Å². The zero-order chi connectivity index (χ0) is 14.5. The molecule has 20 heavy (non-hydrogen) atoms. The molecule has 0 bridgehead atoms. The number of rotatable bonds is 6. The van der Waals surface area contributed by atoms with Gasteiger partial charge in [0.25, 0.3) is 0 Å². The molecule has 0 aliphatic heterocycles. The molecule has 1 N–H and O–H groups in total. The van der Waals surface area contributed by atoms with Gasteiger partial charge in [0.1, 0.15) is 12.2 Å². The van der Waals surface area contributed by atoms with Crippen LogP contribution in [0.1, 0.15) is 36.8 Å². The summed E-state index contributed by atoms with van der Waals surface area (Å²) >= 11 is 0. The Hall–Kier alpha value is -1.68. The van der Waals surface area contributed by atoms with Gasteiger partial charge >= 0.3 is 0 Å². The number of likely N-dealkylation sites (N-methyl/N-ethyl adjacent to an activating group) is 1. The Kier molecular flexibility index (Phi) is 4.90. The SMILES string of the molecule is CNC(Cc1cccc(C)c1)Cc1ncnn1C(C)C. The third-order valence-corrected chi connectivity index (χ3v) is 3.54. The number of benzene rings is 1. The van der Waals surface area contributed by atoms with Crippen LogP contribution in [-0.2, 0) is 12.8 Å². The van der Waals surface area contributed by atoms with E-state index < -0.39 is 0 Å². The van der Waals surface area contributed by atoms with Crippen molar-refractivity contribution < 1.29 is 0 Å². The first kappa shape index (κ1) is 14.7. The Balaban J connectivity index is 2.07. The van der Waals surface area contributed by atoms with E-state index in [-0.39, 0.29) is 0 Å². The Bertz CT molecular complexity index is 545. The summed E-state index contributed by atoms with van der Waals surface area (Å²) in [7, 11) is 2.01. The first-order valence-corrected chi connectivity index (χ1v) is 7.21. The van der Waals surface area contributed by atoms with Crippen molar-refractivity contribution in [2.75, 3.05) is 7.05 Å². The zero-order valence-corrected chi connectivity index (χ0v) is 12.8. The molecule has 0 fully saturated rings. The van der Waals surface area contributed by atoms with E-state index in [1.807, 2.05) is 11.7 Å². The van der Waals surface area contributed by atoms with E-state index in [0.29, 0.717) is 12.1 Å². The van der Waals surface area contributed by atoms with E-state index in [1.54, 1.807) is 6.33 Å². The number of nitrogens with zero attached hydrogens (tertiary/aromatic N) is 3. The van der Waals surface area contributed by atoms with Gasteiger partial charge in [-0.1, -0.05) is 29.8 Å². The van der Waals surface area contributed by atoms with Gasteiger partial charge in [-0.2, -0.15) is 5.10 Å². The number of hydrogen-bond donors (Lipinski definition) is 1. The van der Waals surface area contributed by atoms with Crippen LogP contribution in [0.5, 0.6) is 0 Å². The van der Waals surface area contributed by atoms with Crippen LogP contribution in [0.3, 0.4) is 0 Å². The summed E-state index contributed by atoms with van der Waals surface area (Å²) in [6, 6.07) is 9.41. The maximum Gasteiger partial charge on any atom is 0.138 e. The second-order valence-corrected chi connectivity index (χ2v) is 5.60. The largest absolute Gasteiger partial charge is 0.316 e. The van der Waals surface area contributed by atoms with Crippen LogP contribution in [0, 0.1) is 6.92 Å². The van der Waals surface area contributed by atoms with Crippen molar-refractivity contribution in [1.29, 1.82) is 0 Å². The Morgan fingerprint density at radius 3 is 2.70 bits per heavy atom. The molecule has 108 valence electrons. The number of aromatic nitrogens is 3. The summed E-state index contributed by atoms with van der Waals surface area (Å²) in [6.07, 6.45) is 3.54. The molecule has 0 radical (unpaired) electrons. The lowest BCUT2D eigenvalue weighted by atomic mass is 10.0. The normalized spacial score (nSPS) is 12.8. The van der Waals surface area contributed by atoms with Gasteiger partial charge in [-0.3, -0.25) is 0 Å². The molecule has 0 amide bonds. The molecule has 0 aliphatic carbocycles. The first-order chi connectivity index (χ1) is 9.60. The third-order valence-electron chi connectivity index (χ3n) is 3.54. The van der Waals surface area contributed by atoms with Crippen LogP contribution in [0.4, 0.5) is 0 Å². The van der Waals surface area contributed by atoms with Gasteiger partial charge in [0.15, 0.2) is 0 Å². The second kappa shape index (κ2) is 6.66. The van der Waals surface area contributed by atoms with E-state index in [0.717, 1.165) is 18.7 Å². The van der Waals surface area contributed by atoms with E-state index in [9.17, 15) is 0 Å². The van der Waals surface area contributed by atoms with Crippen molar-refractivity contribution >= 4 is 0 Å². The lowest BCUT2D eigenvalue weighted by Gasteiger charge is -2.17. The molecule has 2 rings (SSSR count). The van der Waals surface area contributed by atoms with Gasteiger partial charge in [-0.05, 0) is 39.8 Å². The summed E-state index contributed by atoms with van der Waals surface area (Å²) in [5.74, 6) is 1.05. The minimum atomic E-state index is 0.351. The molecule has 1 unspecified atom stereocenters. The maximum absolute atomic E-state index is 4.40. The predicted molar refractivity (Wildman–Crippen MR) is 81.8 cm³/mol. The molecule has 4 heteroatoms. The molecule has 0 aliphatic rings. The van der Waals surface area contributed by atoms with Gasteiger partial charge in [0.05, 0.1) is 0 Å². The molecule has 0 saturated heterocycles. The van der Waals surface area contributed by atoms with E-state index in [1.165, 1.54) is 11.1 Å². The monoisotopic (exact) mass is 272 g/mol. The summed E-state index contributed by atoms with van der Waals surface area (Å²) < 4.78 is 2.00. The molecule has 1 aromatic heterocycles. The van der Waals surface area contributed by atoms with Crippen molar-refractivity contribution in [3.8, 4) is 0 Å². The van der Waals surface area contributed by atoms with Crippen molar-refractivity contribution in [2.24, 2.45) is 0 Å². The van der Waals surface area contributed by atoms with Gasteiger partial charge < -0.3 is 5.32 Å². The van der Waals surface area contributed by atoms with Crippen LogP contribution in [-0.4, -0.2) is 27.9 Å². The van der Waals surface area contributed by atoms with E-state index >= 15 is 0 Å². The highest BCUT2D eigenvalue weighted by molar-refractivity contribution is 5.23. The molecular weight excluding hydrogens is 248 g/mol. The zero-order valence-electron chi connectivity index (χ0n) is 12.8. The highest BCUT2D eigenvalue weighted by Crippen LogP contribution is 2.12. The molecular formula is C16H24N4. The lowest BCUT2D eigenvalue weighted by Crippen LogP contribution is -2.31. The van der Waals surface area contributed by atoms with E-state index in [2.05, 4.69) is 60.4 Å². The van der Waals surface area contributed by atoms with Gasteiger partial charge in [0.2, 0.25) is 0 Å². The molecule has 0 spiro atoms. The molecule has 1 aromatic carbocycles. The first-order valence-electron chi connectivity index (χ1n) is 7.21. The molecule has 4 nitrogen and oxygen atoms in total. The topological polar surface area (TPSA) is 42.7 Å². The highest BCUT2D eigenvalue weighted by atomic mass is 15.3. The van der Waals surface area contributed by atoms with Crippen LogP contribution in [0.25, 0.3) is 0 Å². The minimum absolute atomic E-state index is 0.351. The molecule has 2 aromatic rings.